The summed E-state index contributed by atoms with van der Waals surface area (Å²) in [6.45, 7) is 2.91. The Morgan fingerprint density at radius 3 is 2.11 bits per heavy atom. The Balaban J connectivity index is 2.01. The molecule has 0 aliphatic rings. The summed E-state index contributed by atoms with van der Waals surface area (Å²) in [6.07, 6.45) is 0. The molecule has 3 rings (SSSR count). The van der Waals surface area contributed by atoms with Crippen molar-refractivity contribution in [3.05, 3.63) is 94.2 Å². The SMILES string of the molecule is CNC(=O)C(C)N(Cc1ccc(Br)cc1)C(=O)CN(c1ccc(F)cc1)S(=O)(=O)c1ccc(C)cc1. The summed E-state index contributed by atoms with van der Waals surface area (Å²) in [6, 6.07) is 17.5. The first-order valence-electron chi connectivity index (χ1n) is 11.1. The van der Waals surface area contributed by atoms with Crippen molar-refractivity contribution in [1.82, 2.24) is 10.2 Å². The van der Waals surface area contributed by atoms with Crippen LogP contribution in [-0.2, 0) is 26.2 Å². The van der Waals surface area contributed by atoms with E-state index in [1.54, 1.807) is 19.1 Å². The molecule has 7 nitrogen and oxygen atoms in total. The molecule has 2 amide bonds. The van der Waals surface area contributed by atoms with Crippen LogP contribution in [0.4, 0.5) is 10.1 Å². The van der Waals surface area contributed by atoms with Crippen molar-refractivity contribution in [3.63, 3.8) is 0 Å². The number of benzene rings is 3. The molecule has 1 atom stereocenters. The Labute approximate surface area is 219 Å². The van der Waals surface area contributed by atoms with E-state index >= 15 is 0 Å². The van der Waals surface area contributed by atoms with Crippen LogP contribution in [0.2, 0.25) is 0 Å². The fraction of sp³-hybridized carbons (Fsp3) is 0.231. The van der Waals surface area contributed by atoms with Crippen LogP contribution in [0.15, 0.2) is 82.2 Å². The summed E-state index contributed by atoms with van der Waals surface area (Å²) in [5, 5.41) is 2.53. The fourth-order valence-corrected chi connectivity index (χ4v) is 5.23. The molecule has 0 bridgehead atoms. The lowest BCUT2D eigenvalue weighted by atomic mass is 10.1. The van der Waals surface area contributed by atoms with Crippen LogP contribution in [0.1, 0.15) is 18.1 Å². The number of halogens is 2. The van der Waals surface area contributed by atoms with Crippen LogP contribution >= 0.6 is 15.9 Å². The quantitative estimate of drug-likeness (QED) is 0.413. The minimum absolute atomic E-state index is 0.0102. The minimum atomic E-state index is -4.19. The molecule has 3 aromatic rings. The topological polar surface area (TPSA) is 86.8 Å². The van der Waals surface area contributed by atoms with Crippen LogP contribution in [0, 0.1) is 12.7 Å². The molecule has 0 saturated carbocycles. The highest BCUT2D eigenvalue weighted by molar-refractivity contribution is 9.10. The Hall–Kier alpha value is -3.24. The zero-order valence-corrected chi connectivity index (χ0v) is 22.5. The molecule has 36 heavy (non-hydrogen) atoms. The Bertz CT molecular complexity index is 1310. The van der Waals surface area contributed by atoms with Crippen molar-refractivity contribution in [2.24, 2.45) is 0 Å². The molecule has 1 unspecified atom stereocenters. The number of anilines is 1. The number of hydrogen-bond donors (Lipinski definition) is 1. The van der Waals surface area contributed by atoms with Gasteiger partial charge in [-0.05, 0) is 67.9 Å². The highest BCUT2D eigenvalue weighted by Crippen LogP contribution is 2.25. The number of sulfonamides is 1. The lowest BCUT2D eigenvalue weighted by molar-refractivity contribution is -0.139. The van der Waals surface area contributed by atoms with Crippen LogP contribution in [0.3, 0.4) is 0 Å². The first kappa shape index (κ1) is 27.3. The highest BCUT2D eigenvalue weighted by Gasteiger charge is 2.32. The van der Waals surface area contributed by atoms with E-state index in [0.717, 1.165) is 32.0 Å². The number of nitrogens with zero attached hydrogens (tertiary/aromatic N) is 2. The summed E-state index contributed by atoms with van der Waals surface area (Å²) >= 11 is 3.37. The van der Waals surface area contributed by atoms with Crippen LogP contribution in [0.5, 0.6) is 0 Å². The van der Waals surface area contributed by atoms with E-state index < -0.39 is 40.2 Å². The number of hydrogen-bond acceptors (Lipinski definition) is 4. The molecule has 0 aliphatic heterocycles. The van der Waals surface area contributed by atoms with E-state index in [0.29, 0.717) is 0 Å². The van der Waals surface area contributed by atoms with Crippen LogP contribution < -0.4 is 9.62 Å². The number of nitrogens with one attached hydrogen (secondary N) is 1. The summed E-state index contributed by atoms with van der Waals surface area (Å²) < 4.78 is 42.6. The Morgan fingerprint density at radius 1 is 0.972 bits per heavy atom. The molecule has 0 heterocycles. The van der Waals surface area contributed by atoms with Gasteiger partial charge in [0.2, 0.25) is 11.8 Å². The minimum Gasteiger partial charge on any atom is -0.357 e. The van der Waals surface area contributed by atoms with E-state index in [1.807, 2.05) is 31.2 Å². The maximum Gasteiger partial charge on any atom is 0.264 e. The van der Waals surface area contributed by atoms with Crippen LogP contribution in [0.25, 0.3) is 0 Å². The van der Waals surface area contributed by atoms with Crippen molar-refractivity contribution >= 4 is 43.5 Å². The van der Waals surface area contributed by atoms with E-state index in [4.69, 9.17) is 0 Å². The van der Waals surface area contributed by atoms with Gasteiger partial charge in [0.1, 0.15) is 18.4 Å². The summed E-state index contributed by atoms with van der Waals surface area (Å²) in [5.74, 6) is -1.52. The van der Waals surface area contributed by atoms with E-state index in [1.165, 1.54) is 36.2 Å². The van der Waals surface area contributed by atoms with E-state index in [2.05, 4.69) is 21.2 Å². The van der Waals surface area contributed by atoms with Gasteiger partial charge < -0.3 is 10.2 Å². The zero-order chi connectivity index (χ0) is 26.5. The number of likely N-dealkylation sites (N-methyl/N-ethyl adjacent to an activating group) is 1. The lowest BCUT2D eigenvalue weighted by Gasteiger charge is -2.31. The molecule has 10 heteroatoms. The maximum absolute atomic E-state index is 13.6. The molecule has 0 spiro atoms. The summed E-state index contributed by atoms with van der Waals surface area (Å²) in [4.78, 5) is 27.4. The predicted octanol–water partition coefficient (Wildman–Crippen LogP) is 4.26. The molecular weight excluding hydrogens is 549 g/mol. The van der Waals surface area contributed by atoms with Gasteiger partial charge in [0.15, 0.2) is 0 Å². The fourth-order valence-electron chi connectivity index (χ4n) is 3.55. The van der Waals surface area contributed by atoms with Gasteiger partial charge >= 0.3 is 0 Å². The average Bonchev–Trinajstić information content (AvgIpc) is 2.86. The molecule has 0 saturated heterocycles. The van der Waals surface area contributed by atoms with Gasteiger partial charge in [0, 0.05) is 18.1 Å². The summed E-state index contributed by atoms with van der Waals surface area (Å²) in [5.41, 5.74) is 1.76. The van der Waals surface area contributed by atoms with E-state index in [-0.39, 0.29) is 17.1 Å². The normalized spacial score (nSPS) is 12.0. The third-order valence-corrected chi connectivity index (χ3v) is 8.00. The molecule has 190 valence electrons. The van der Waals surface area contributed by atoms with Crippen molar-refractivity contribution in [2.75, 3.05) is 17.9 Å². The van der Waals surface area contributed by atoms with Crippen LogP contribution in [-0.4, -0.2) is 44.8 Å². The first-order chi connectivity index (χ1) is 17.0. The molecule has 0 radical (unpaired) electrons. The van der Waals surface area contributed by atoms with Crippen molar-refractivity contribution in [1.29, 1.82) is 0 Å². The monoisotopic (exact) mass is 575 g/mol. The lowest BCUT2D eigenvalue weighted by Crippen LogP contribution is -2.50. The molecule has 0 aliphatic carbocycles. The third-order valence-electron chi connectivity index (χ3n) is 5.68. The van der Waals surface area contributed by atoms with Gasteiger partial charge in [-0.3, -0.25) is 13.9 Å². The van der Waals surface area contributed by atoms with Gasteiger partial charge in [0.05, 0.1) is 10.6 Å². The molecule has 1 N–H and O–H groups in total. The van der Waals surface area contributed by atoms with Crippen molar-refractivity contribution in [2.45, 2.75) is 31.3 Å². The second-order valence-corrected chi connectivity index (χ2v) is 11.0. The first-order valence-corrected chi connectivity index (χ1v) is 13.4. The van der Waals surface area contributed by atoms with Gasteiger partial charge in [-0.25, -0.2) is 12.8 Å². The molecule has 0 aromatic heterocycles. The molecular formula is C26H27BrFN3O4S. The average molecular weight is 576 g/mol. The number of carbonyl (C=O) groups is 2. The predicted molar refractivity (Wildman–Crippen MR) is 140 cm³/mol. The zero-order valence-electron chi connectivity index (χ0n) is 20.1. The van der Waals surface area contributed by atoms with Gasteiger partial charge in [0.25, 0.3) is 10.0 Å². The Kier molecular flexibility index (Phi) is 8.86. The van der Waals surface area contributed by atoms with Gasteiger partial charge in [-0.15, -0.1) is 0 Å². The Morgan fingerprint density at radius 2 is 1.56 bits per heavy atom. The van der Waals surface area contributed by atoms with Gasteiger partial charge in [-0.1, -0.05) is 45.8 Å². The van der Waals surface area contributed by atoms with E-state index in [9.17, 15) is 22.4 Å². The smallest absolute Gasteiger partial charge is 0.264 e. The van der Waals surface area contributed by atoms with Gasteiger partial charge in [-0.2, -0.15) is 0 Å². The van der Waals surface area contributed by atoms with Crippen molar-refractivity contribution < 1.29 is 22.4 Å². The second kappa shape index (κ2) is 11.7. The maximum atomic E-state index is 13.6. The number of carbonyl (C=O) groups excluding carboxylic acids is 2. The number of aryl methyl sites for hydroxylation is 1. The van der Waals surface area contributed by atoms with Crippen molar-refractivity contribution in [3.8, 4) is 0 Å². The number of rotatable bonds is 9. The standard InChI is InChI=1S/C26H27BrFN3O4S/c1-18-4-14-24(15-5-18)36(34,35)31(23-12-10-22(28)11-13-23)17-25(32)30(19(2)26(33)29-3)16-20-6-8-21(27)9-7-20/h4-15,19H,16-17H2,1-3H3,(H,29,33). The number of amides is 2. The highest BCUT2D eigenvalue weighted by atomic mass is 79.9. The largest absolute Gasteiger partial charge is 0.357 e. The molecule has 3 aromatic carbocycles. The second-order valence-electron chi connectivity index (χ2n) is 8.24. The summed E-state index contributed by atoms with van der Waals surface area (Å²) in [7, 11) is -2.72. The third kappa shape index (κ3) is 6.50. The molecule has 0 fully saturated rings.